The van der Waals surface area contributed by atoms with E-state index >= 15 is 0 Å². The zero-order valence-corrected chi connectivity index (χ0v) is 20.9. The number of benzene rings is 1. The van der Waals surface area contributed by atoms with Crippen LogP contribution in [0.3, 0.4) is 0 Å². The molecule has 1 saturated carbocycles. The molecule has 7 nitrogen and oxygen atoms in total. The van der Waals surface area contributed by atoms with Crippen molar-refractivity contribution in [1.29, 1.82) is 0 Å². The van der Waals surface area contributed by atoms with E-state index in [4.69, 9.17) is 4.74 Å². The highest BCUT2D eigenvalue weighted by Crippen LogP contribution is 2.39. The third-order valence-electron chi connectivity index (χ3n) is 7.96. The highest BCUT2D eigenvalue weighted by Gasteiger charge is 2.33. The van der Waals surface area contributed by atoms with Gasteiger partial charge in [0.1, 0.15) is 11.6 Å². The Hall–Kier alpha value is -3.68. The first kappa shape index (κ1) is 23.7. The number of aromatic amines is 1. The zero-order chi connectivity index (χ0) is 25.2. The molecule has 1 N–H and O–H groups in total. The average Bonchev–Trinajstić information content (AvgIpc) is 3.44. The molecule has 37 heavy (non-hydrogen) atoms. The summed E-state index contributed by atoms with van der Waals surface area (Å²) >= 11 is 0. The molecule has 0 bridgehead atoms. The molecule has 6 rings (SSSR count). The van der Waals surface area contributed by atoms with Gasteiger partial charge in [-0.25, -0.2) is 19.2 Å². The molecule has 8 heteroatoms. The maximum Gasteiger partial charge on any atom is 0.322 e. The van der Waals surface area contributed by atoms with Crippen molar-refractivity contribution < 1.29 is 13.9 Å². The molecule has 0 unspecified atom stereocenters. The third-order valence-corrected chi connectivity index (χ3v) is 7.96. The number of H-pyrrole nitrogens is 1. The van der Waals surface area contributed by atoms with E-state index in [2.05, 4.69) is 21.0 Å². The van der Waals surface area contributed by atoms with E-state index in [0.29, 0.717) is 11.7 Å². The molecular formula is C29H32FN5O2. The van der Waals surface area contributed by atoms with E-state index in [0.717, 1.165) is 68.2 Å². The van der Waals surface area contributed by atoms with Crippen LogP contribution in [0.1, 0.15) is 56.4 Å². The minimum Gasteiger partial charge on any atom is -0.473 e. The van der Waals surface area contributed by atoms with Gasteiger partial charge in [0, 0.05) is 42.3 Å². The Kier molecular flexibility index (Phi) is 6.64. The van der Waals surface area contributed by atoms with Crippen molar-refractivity contribution in [2.24, 2.45) is 0 Å². The number of piperidine rings is 1. The second-order valence-corrected chi connectivity index (χ2v) is 10.2. The summed E-state index contributed by atoms with van der Waals surface area (Å²) in [6.45, 7) is 1.77. The van der Waals surface area contributed by atoms with Crippen molar-refractivity contribution in [3.05, 3.63) is 66.4 Å². The van der Waals surface area contributed by atoms with Crippen LogP contribution in [0, 0.1) is 5.82 Å². The summed E-state index contributed by atoms with van der Waals surface area (Å²) in [4.78, 5) is 29.7. The van der Waals surface area contributed by atoms with Crippen LogP contribution in [0.4, 0.5) is 9.18 Å². The lowest BCUT2D eigenvalue weighted by atomic mass is 9.80. The minimum absolute atomic E-state index is 0.0562. The maximum absolute atomic E-state index is 13.6. The number of hydrogen-bond donors (Lipinski definition) is 1. The van der Waals surface area contributed by atoms with Gasteiger partial charge in [-0.15, -0.1) is 0 Å². The number of nitrogens with zero attached hydrogens (tertiary/aromatic N) is 4. The average molecular weight is 502 g/mol. The van der Waals surface area contributed by atoms with Gasteiger partial charge in [0.25, 0.3) is 0 Å². The molecule has 2 fully saturated rings. The second kappa shape index (κ2) is 10.4. The van der Waals surface area contributed by atoms with Gasteiger partial charge in [-0.1, -0.05) is 0 Å². The van der Waals surface area contributed by atoms with Crippen molar-refractivity contribution in [2.45, 2.75) is 56.9 Å². The Balaban J connectivity index is 1.21. The first-order valence-corrected chi connectivity index (χ1v) is 13.3. The third kappa shape index (κ3) is 4.84. The van der Waals surface area contributed by atoms with E-state index in [1.54, 1.807) is 12.1 Å². The van der Waals surface area contributed by atoms with Crippen molar-refractivity contribution in [2.75, 3.05) is 19.8 Å². The molecule has 0 atom stereocenters. The fourth-order valence-corrected chi connectivity index (χ4v) is 5.98. The number of rotatable bonds is 5. The highest BCUT2D eigenvalue weighted by molar-refractivity contribution is 6.05. The van der Waals surface area contributed by atoms with Crippen LogP contribution < -0.4 is 4.74 Å². The maximum atomic E-state index is 13.6. The van der Waals surface area contributed by atoms with Gasteiger partial charge in [0.05, 0.1) is 11.7 Å². The second-order valence-electron chi connectivity index (χ2n) is 10.2. The summed E-state index contributed by atoms with van der Waals surface area (Å²) < 4.78 is 19.3. The Morgan fingerprint density at radius 1 is 1.03 bits per heavy atom. The van der Waals surface area contributed by atoms with Crippen LogP contribution in [0.2, 0.25) is 0 Å². The zero-order valence-electron chi connectivity index (χ0n) is 20.9. The minimum atomic E-state index is -0.302. The van der Waals surface area contributed by atoms with Crippen LogP contribution in [-0.4, -0.2) is 56.6 Å². The molecule has 2 amide bonds. The first-order chi connectivity index (χ1) is 18.2. The van der Waals surface area contributed by atoms with Gasteiger partial charge in [0.2, 0.25) is 0 Å². The Morgan fingerprint density at radius 3 is 2.59 bits per heavy atom. The molecule has 4 aromatic rings. The number of hydrogen-bond acceptors (Lipinski definition) is 4. The van der Waals surface area contributed by atoms with E-state index < -0.39 is 0 Å². The van der Waals surface area contributed by atoms with E-state index in [9.17, 15) is 9.18 Å². The molecule has 0 spiro atoms. The number of nitrogens with one attached hydrogen (secondary N) is 1. The van der Waals surface area contributed by atoms with Gasteiger partial charge >= 0.3 is 6.03 Å². The van der Waals surface area contributed by atoms with Crippen molar-refractivity contribution in [3.8, 4) is 5.75 Å². The molecular weight excluding hydrogens is 469 g/mol. The summed E-state index contributed by atoms with van der Waals surface area (Å²) in [5.41, 5.74) is 3.12. The molecule has 0 radical (unpaired) electrons. The number of fused-ring (bicyclic) bond motifs is 3. The summed E-state index contributed by atoms with van der Waals surface area (Å²) in [6, 6.07) is 10.4. The molecule has 1 saturated heterocycles. The lowest BCUT2D eigenvalue weighted by Crippen LogP contribution is -2.51. The molecule has 1 aromatic carbocycles. The first-order valence-electron chi connectivity index (χ1n) is 13.3. The van der Waals surface area contributed by atoms with Crippen LogP contribution in [0.5, 0.6) is 5.75 Å². The quantitative estimate of drug-likeness (QED) is 0.330. The highest BCUT2D eigenvalue weighted by atomic mass is 19.1. The molecule has 192 valence electrons. The Labute approximate surface area is 215 Å². The summed E-state index contributed by atoms with van der Waals surface area (Å²) in [5, 5.41) is 2.29. The number of ether oxygens (including phenoxy) is 1. The largest absolute Gasteiger partial charge is 0.473 e. The van der Waals surface area contributed by atoms with Gasteiger partial charge in [0.15, 0.2) is 12.4 Å². The van der Waals surface area contributed by atoms with E-state index in [-0.39, 0.29) is 24.6 Å². The molecule has 3 aromatic heterocycles. The van der Waals surface area contributed by atoms with Crippen molar-refractivity contribution in [3.63, 3.8) is 0 Å². The van der Waals surface area contributed by atoms with Gasteiger partial charge in [-0.05, 0) is 92.8 Å². The fourth-order valence-electron chi connectivity index (χ4n) is 5.98. The molecule has 1 aliphatic heterocycles. The topological polar surface area (TPSA) is 74.3 Å². The number of likely N-dealkylation sites (tertiary alicyclic amines) is 1. The standard InChI is InChI=1S/C29H32FN5O2/c30-21-6-10-23(11-7-21)37-19-35(29(36)34-16-2-1-3-17-34)22-8-4-20(5-9-22)24-12-14-31-26-18-33-28-25(27(24)26)13-15-32-28/h6-7,10-15,18,20,22,31H,1-5,8-9,16-17,19H2. The summed E-state index contributed by atoms with van der Waals surface area (Å²) in [6.07, 6.45) is 12.7. The van der Waals surface area contributed by atoms with Gasteiger partial charge < -0.3 is 14.6 Å². The van der Waals surface area contributed by atoms with Gasteiger partial charge in [-0.2, -0.15) is 0 Å². The lowest BCUT2D eigenvalue weighted by molar-refractivity contribution is 0.0625. The van der Waals surface area contributed by atoms with Crippen molar-refractivity contribution >= 4 is 28.0 Å². The predicted octanol–water partition coefficient (Wildman–Crippen LogP) is 6.22. The number of pyridine rings is 2. The SMILES string of the molecule is O=C(N1CCCCC1)N(COc1ccc(F)cc1)C1CCC(c2cc[nH]c3cnc4nccc4c23)CC1. The number of carbonyl (C=O) groups excluding carboxylic acids is 1. The summed E-state index contributed by atoms with van der Waals surface area (Å²) in [5.74, 6) is 0.668. The summed E-state index contributed by atoms with van der Waals surface area (Å²) in [7, 11) is 0. The van der Waals surface area contributed by atoms with Crippen LogP contribution in [0.25, 0.3) is 21.9 Å². The van der Waals surface area contributed by atoms with Crippen LogP contribution in [-0.2, 0) is 0 Å². The number of halogens is 1. The Bertz CT molecular complexity index is 1370. The van der Waals surface area contributed by atoms with E-state index in [1.165, 1.54) is 29.5 Å². The number of amides is 2. The van der Waals surface area contributed by atoms with Crippen LogP contribution in [0.15, 0.2) is 55.0 Å². The Morgan fingerprint density at radius 2 is 1.81 bits per heavy atom. The van der Waals surface area contributed by atoms with Crippen LogP contribution >= 0.6 is 0 Å². The monoisotopic (exact) mass is 501 g/mol. The fraction of sp³-hybridized carbons (Fsp3) is 0.414. The van der Waals surface area contributed by atoms with Crippen molar-refractivity contribution in [1.82, 2.24) is 24.8 Å². The molecule has 2 aliphatic rings. The predicted molar refractivity (Wildman–Crippen MR) is 141 cm³/mol. The number of aromatic nitrogens is 3. The molecule has 1 aliphatic carbocycles. The molecule has 4 heterocycles. The number of carbonyl (C=O) groups is 1. The normalized spacial score (nSPS) is 20.3. The number of urea groups is 1. The smallest absolute Gasteiger partial charge is 0.322 e. The van der Waals surface area contributed by atoms with Gasteiger partial charge in [-0.3, -0.25) is 4.90 Å². The lowest BCUT2D eigenvalue weighted by Gasteiger charge is -2.40. The van der Waals surface area contributed by atoms with E-state index in [1.807, 2.05) is 34.5 Å².